The van der Waals surface area contributed by atoms with Gasteiger partial charge in [-0.3, -0.25) is 14.9 Å². The van der Waals surface area contributed by atoms with Gasteiger partial charge in [-0.25, -0.2) is 13.6 Å². The number of nitro benzene ring substituents is 1. The van der Waals surface area contributed by atoms with Crippen LogP contribution in [0.1, 0.15) is 23.1 Å². The molecular weight excluding hydrogens is 452 g/mol. The topological polar surface area (TPSA) is 127 Å². The highest BCUT2D eigenvalue weighted by Crippen LogP contribution is 2.41. The molecule has 0 fully saturated rings. The number of rotatable bonds is 6. The van der Waals surface area contributed by atoms with Crippen LogP contribution in [0.4, 0.5) is 14.5 Å². The third kappa shape index (κ3) is 3.98. The first-order valence-corrected chi connectivity index (χ1v) is 10.0. The number of aromatic amines is 2. The van der Waals surface area contributed by atoms with Gasteiger partial charge in [0.1, 0.15) is 17.3 Å². The summed E-state index contributed by atoms with van der Waals surface area (Å²) in [5, 5.41) is 12.0. The smallest absolute Gasteiger partial charge is 0.355 e. The van der Waals surface area contributed by atoms with Crippen LogP contribution in [0.25, 0.3) is 21.9 Å². The number of fused-ring (bicyclic) bond motifs is 1. The van der Waals surface area contributed by atoms with E-state index in [4.69, 9.17) is 9.47 Å². The van der Waals surface area contributed by atoms with Crippen LogP contribution in [-0.4, -0.2) is 27.5 Å². The molecule has 0 radical (unpaired) electrons. The number of carbonyl (C=O) groups is 1. The number of nitrogens with one attached hydrogen (secondary N) is 2. The van der Waals surface area contributed by atoms with Crippen molar-refractivity contribution in [1.29, 1.82) is 0 Å². The van der Waals surface area contributed by atoms with E-state index in [0.29, 0.717) is 11.8 Å². The number of nitro groups is 1. The monoisotopic (exact) mass is 469 g/mol. The number of aromatic nitrogens is 2. The number of hydrogen-bond acceptors (Lipinski definition) is 6. The van der Waals surface area contributed by atoms with Crippen LogP contribution >= 0.6 is 0 Å². The van der Waals surface area contributed by atoms with Gasteiger partial charge in [-0.05, 0) is 32.0 Å². The summed E-state index contributed by atoms with van der Waals surface area (Å²) in [6.45, 7) is 3.22. The first kappa shape index (κ1) is 22.6. The molecule has 0 atom stereocenters. The Kier molecular flexibility index (Phi) is 5.84. The molecule has 0 aliphatic rings. The molecule has 2 aromatic carbocycles. The molecule has 0 saturated carbocycles. The molecule has 0 aliphatic carbocycles. The standard InChI is InChI=1S/C23H17F2N3O6/c1-3-33-23(30)21-20(15-10-26-11(2)19(15)22(29)27-21)14-9-13(28(31)32)5-7-17(14)34-18-6-4-12(24)8-16(18)25/h4-10,26H,3H2,1-2H3,(H,27,29). The second-order valence-corrected chi connectivity index (χ2v) is 7.24. The molecular formula is C23H17F2N3O6. The Morgan fingerprint density at radius 3 is 2.56 bits per heavy atom. The normalized spacial score (nSPS) is 10.9. The van der Waals surface area contributed by atoms with Crippen molar-refractivity contribution in [2.24, 2.45) is 0 Å². The molecule has 0 bridgehead atoms. The maximum absolute atomic E-state index is 14.3. The molecule has 0 unspecified atom stereocenters. The first-order chi connectivity index (χ1) is 16.2. The Morgan fingerprint density at radius 1 is 1.15 bits per heavy atom. The lowest BCUT2D eigenvalue weighted by Crippen LogP contribution is -2.17. The third-order valence-electron chi connectivity index (χ3n) is 5.10. The Hall–Kier alpha value is -4.54. The highest BCUT2D eigenvalue weighted by Gasteiger charge is 2.26. The molecule has 4 rings (SSSR count). The van der Waals surface area contributed by atoms with Crippen molar-refractivity contribution < 1.29 is 28.0 Å². The number of aryl methyl sites for hydroxylation is 1. The number of ether oxygens (including phenoxy) is 2. The van der Waals surface area contributed by atoms with Crippen molar-refractivity contribution in [1.82, 2.24) is 9.97 Å². The van der Waals surface area contributed by atoms with Gasteiger partial charge in [-0.2, -0.15) is 0 Å². The van der Waals surface area contributed by atoms with E-state index in [2.05, 4.69) is 9.97 Å². The quantitative estimate of drug-likeness (QED) is 0.233. The number of H-pyrrole nitrogens is 2. The highest BCUT2D eigenvalue weighted by molar-refractivity contribution is 6.08. The van der Waals surface area contributed by atoms with E-state index in [9.17, 15) is 28.5 Å². The summed E-state index contributed by atoms with van der Waals surface area (Å²) in [5.41, 5.74) is -0.588. The van der Waals surface area contributed by atoms with E-state index < -0.39 is 28.1 Å². The molecule has 11 heteroatoms. The summed E-state index contributed by atoms with van der Waals surface area (Å²) in [7, 11) is 0. The zero-order chi connectivity index (χ0) is 24.6. The number of nitrogens with zero attached hydrogens (tertiary/aromatic N) is 1. The average Bonchev–Trinajstić information content (AvgIpc) is 3.18. The van der Waals surface area contributed by atoms with Crippen molar-refractivity contribution in [2.75, 3.05) is 6.61 Å². The summed E-state index contributed by atoms with van der Waals surface area (Å²) < 4.78 is 38.4. The van der Waals surface area contributed by atoms with Crippen LogP contribution < -0.4 is 10.3 Å². The zero-order valence-corrected chi connectivity index (χ0v) is 17.9. The van der Waals surface area contributed by atoms with Crippen LogP contribution in [0.3, 0.4) is 0 Å². The molecule has 9 nitrogen and oxygen atoms in total. The van der Waals surface area contributed by atoms with Crippen LogP contribution in [-0.2, 0) is 4.74 Å². The molecule has 174 valence electrons. The van der Waals surface area contributed by atoms with Gasteiger partial charge < -0.3 is 19.4 Å². The van der Waals surface area contributed by atoms with Gasteiger partial charge >= 0.3 is 5.97 Å². The van der Waals surface area contributed by atoms with Crippen molar-refractivity contribution >= 4 is 22.4 Å². The highest BCUT2D eigenvalue weighted by atomic mass is 19.1. The van der Waals surface area contributed by atoms with E-state index in [1.807, 2.05) is 0 Å². The second-order valence-electron chi connectivity index (χ2n) is 7.24. The van der Waals surface area contributed by atoms with Crippen molar-refractivity contribution in [3.8, 4) is 22.6 Å². The molecule has 4 aromatic rings. The molecule has 2 heterocycles. The van der Waals surface area contributed by atoms with Crippen molar-refractivity contribution in [3.05, 3.63) is 86.1 Å². The second kappa shape index (κ2) is 8.77. The lowest BCUT2D eigenvalue weighted by Gasteiger charge is -2.15. The first-order valence-electron chi connectivity index (χ1n) is 10.0. The maximum atomic E-state index is 14.3. The van der Waals surface area contributed by atoms with Gasteiger partial charge in [-0.15, -0.1) is 0 Å². The number of hydrogen-bond donors (Lipinski definition) is 2. The largest absolute Gasteiger partial charge is 0.461 e. The van der Waals surface area contributed by atoms with Gasteiger partial charge in [0, 0.05) is 46.6 Å². The fourth-order valence-electron chi connectivity index (χ4n) is 3.62. The summed E-state index contributed by atoms with van der Waals surface area (Å²) in [6, 6.07) is 6.16. The van der Waals surface area contributed by atoms with Crippen molar-refractivity contribution in [3.63, 3.8) is 0 Å². The molecule has 2 aromatic heterocycles. The van der Waals surface area contributed by atoms with Gasteiger partial charge in [0.25, 0.3) is 11.2 Å². The summed E-state index contributed by atoms with van der Waals surface area (Å²) >= 11 is 0. The van der Waals surface area contributed by atoms with Crippen LogP contribution in [0.15, 0.2) is 47.4 Å². The van der Waals surface area contributed by atoms with Gasteiger partial charge in [0.15, 0.2) is 11.6 Å². The van der Waals surface area contributed by atoms with Gasteiger partial charge in [0.05, 0.1) is 16.9 Å². The summed E-state index contributed by atoms with van der Waals surface area (Å²) in [4.78, 5) is 41.7. The van der Waals surface area contributed by atoms with Gasteiger partial charge in [0.2, 0.25) is 0 Å². The molecule has 0 aliphatic heterocycles. The lowest BCUT2D eigenvalue weighted by atomic mass is 9.97. The third-order valence-corrected chi connectivity index (χ3v) is 5.10. The Morgan fingerprint density at radius 2 is 1.88 bits per heavy atom. The predicted octanol–water partition coefficient (Wildman–Crippen LogP) is 4.99. The molecule has 0 spiro atoms. The average molecular weight is 469 g/mol. The number of non-ortho nitro benzene ring substituents is 1. The zero-order valence-electron chi connectivity index (χ0n) is 17.9. The maximum Gasteiger partial charge on any atom is 0.355 e. The van der Waals surface area contributed by atoms with E-state index >= 15 is 0 Å². The van der Waals surface area contributed by atoms with E-state index in [1.165, 1.54) is 12.3 Å². The fraction of sp³-hybridized carbons (Fsp3) is 0.130. The Labute approximate surface area is 190 Å². The number of esters is 1. The van der Waals surface area contributed by atoms with Crippen molar-refractivity contribution in [2.45, 2.75) is 13.8 Å². The van der Waals surface area contributed by atoms with Crippen LogP contribution in [0, 0.1) is 28.7 Å². The molecule has 0 saturated heterocycles. The SMILES string of the molecule is CCOC(=O)c1[nH]c(=O)c2c(C)[nH]cc2c1-c1cc([N+](=O)[O-])ccc1Oc1ccc(F)cc1F. The summed E-state index contributed by atoms with van der Waals surface area (Å²) in [6.07, 6.45) is 1.47. The Bertz CT molecular complexity index is 1510. The Balaban J connectivity index is 2.05. The number of pyridine rings is 1. The summed E-state index contributed by atoms with van der Waals surface area (Å²) in [5.74, 6) is -3.11. The minimum absolute atomic E-state index is 0.00356. The van der Waals surface area contributed by atoms with Gasteiger partial charge in [-0.1, -0.05) is 0 Å². The predicted molar refractivity (Wildman–Crippen MR) is 118 cm³/mol. The minimum Gasteiger partial charge on any atom is -0.461 e. The van der Waals surface area contributed by atoms with E-state index in [1.54, 1.807) is 13.8 Å². The lowest BCUT2D eigenvalue weighted by molar-refractivity contribution is -0.384. The van der Waals surface area contributed by atoms with E-state index in [0.717, 1.165) is 24.3 Å². The fourth-order valence-corrected chi connectivity index (χ4v) is 3.62. The van der Waals surface area contributed by atoms with Crippen LogP contribution in [0.2, 0.25) is 0 Å². The van der Waals surface area contributed by atoms with E-state index in [-0.39, 0.29) is 51.4 Å². The number of carbonyl (C=O) groups excluding carboxylic acids is 1. The molecule has 2 N–H and O–H groups in total. The number of benzene rings is 2. The molecule has 0 amide bonds. The molecule has 34 heavy (non-hydrogen) atoms. The number of halogens is 2. The minimum atomic E-state index is -1.00. The van der Waals surface area contributed by atoms with Crippen LogP contribution in [0.5, 0.6) is 11.5 Å².